The van der Waals surface area contributed by atoms with Gasteiger partial charge in [0.05, 0.1) is 12.3 Å². The van der Waals surface area contributed by atoms with Crippen LogP contribution in [0.2, 0.25) is 0 Å². The molecule has 8 N–H and O–H groups in total. The molecule has 0 heterocycles. The van der Waals surface area contributed by atoms with Gasteiger partial charge in [-0.05, 0) is 42.0 Å². The maximum absolute atomic E-state index is 8.82. The number of aliphatic hydroxyl groups is 1. The lowest BCUT2D eigenvalue weighted by molar-refractivity contribution is 0.234. The molecular weight excluding hydrogens is 280 g/mol. The minimum absolute atomic E-state index is 0.0975. The van der Waals surface area contributed by atoms with Crippen LogP contribution in [0.15, 0.2) is 36.4 Å². The van der Waals surface area contributed by atoms with Crippen LogP contribution in [-0.2, 0) is 6.54 Å². The van der Waals surface area contributed by atoms with Gasteiger partial charge in [-0.15, -0.1) is 0 Å². The number of aliphatic hydroxyl groups excluding tert-OH is 1. The zero-order valence-corrected chi connectivity index (χ0v) is 12.4. The quantitative estimate of drug-likeness (QED) is 0.393. The topological polar surface area (TPSA) is 120 Å². The number of hydrogen-bond acceptors (Lipinski definition) is 6. The summed E-state index contributed by atoms with van der Waals surface area (Å²) in [6.45, 7) is 1.09. The predicted molar refractivity (Wildman–Crippen MR) is 90.6 cm³/mol. The summed E-state index contributed by atoms with van der Waals surface area (Å²) in [5.41, 5.74) is 21.1. The van der Waals surface area contributed by atoms with Crippen molar-refractivity contribution in [3.63, 3.8) is 0 Å². The van der Waals surface area contributed by atoms with Gasteiger partial charge in [0.15, 0.2) is 0 Å². The Morgan fingerprint density at radius 2 is 1.68 bits per heavy atom. The Labute approximate surface area is 129 Å². The zero-order valence-electron chi connectivity index (χ0n) is 12.4. The van der Waals surface area contributed by atoms with E-state index >= 15 is 0 Å². The summed E-state index contributed by atoms with van der Waals surface area (Å²) in [5, 5.41) is 12.1. The Morgan fingerprint density at radius 3 is 2.36 bits per heavy atom. The van der Waals surface area contributed by atoms with Gasteiger partial charge < -0.3 is 32.4 Å². The van der Waals surface area contributed by atoms with Gasteiger partial charge in [0.1, 0.15) is 5.75 Å². The van der Waals surface area contributed by atoms with Crippen molar-refractivity contribution in [2.45, 2.75) is 13.0 Å². The molecule has 0 fully saturated rings. The lowest BCUT2D eigenvalue weighted by Crippen LogP contribution is -2.06. The molecule has 0 unspecified atom stereocenters. The van der Waals surface area contributed by atoms with Crippen LogP contribution in [0, 0.1) is 0 Å². The minimum Gasteiger partial charge on any atom is -0.491 e. The van der Waals surface area contributed by atoms with E-state index in [1.54, 1.807) is 12.1 Å². The highest BCUT2D eigenvalue weighted by Gasteiger charge is 2.05. The molecule has 2 rings (SSSR count). The normalized spacial score (nSPS) is 10.4. The monoisotopic (exact) mass is 302 g/mol. The van der Waals surface area contributed by atoms with E-state index in [1.807, 2.05) is 24.3 Å². The fourth-order valence-corrected chi connectivity index (χ4v) is 2.10. The molecule has 0 bridgehead atoms. The van der Waals surface area contributed by atoms with Crippen LogP contribution in [0.3, 0.4) is 0 Å². The molecule has 0 aliphatic heterocycles. The first kappa shape index (κ1) is 15.8. The van der Waals surface area contributed by atoms with E-state index in [-0.39, 0.29) is 6.61 Å². The lowest BCUT2D eigenvalue weighted by atomic mass is 10.1. The van der Waals surface area contributed by atoms with E-state index in [1.165, 1.54) is 0 Å². The maximum atomic E-state index is 8.82. The Morgan fingerprint density at radius 1 is 0.955 bits per heavy atom. The molecule has 0 saturated heterocycles. The molecule has 118 valence electrons. The molecule has 0 aliphatic rings. The number of benzene rings is 2. The Bertz CT molecular complexity index is 611. The summed E-state index contributed by atoms with van der Waals surface area (Å²) in [5.74, 6) is 0.694. The van der Waals surface area contributed by atoms with Crippen molar-refractivity contribution < 1.29 is 9.84 Å². The summed E-state index contributed by atoms with van der Waals surface area (Å²) < 4.78 is 5.64. The second-order valence-corrected chi connectivity index (χ2v) is 5.04. The largest absolute Gasteiger partial charge is 0.491 e. The van der Waals surface area contributed by atoms with Crippen molar-refractivity contribution in [1.82, 2.24) is 0 Å². The Kier molecular flexibility index (Phi) is 5.32. The van der Waals surface area contributed by atoms with Crippen LogP contribution in [0.1, 0.15) is 12.0 Å². The predicted octanol–water partition coefficient (Wildman–Crippen LogP) is 1.81. The smallest absolute Gasteiger partial charge is 0.142 e. The lowest BCUT2D eigenvalue weighted by Gasteiger charge is -2.14. The molecule has 0 aliphatic carbocycles. The number of nitrogens with two attached hydrogens (primary N) is 3. The number of ether oxygens (including phenoxy) is 1. The molecule has 22 heavy (non-hydrogen) atoms. The number of anilines is 4. The summed E-state index contributed by atoms with van der Waals surface area (Å²) in [7, 11) is 0. The van der Waals surface area contributed by atoms with Crippen LogP contribution < -0.4 is 27.3 Å². The van der Waals surface area contributed by atoms with Crippen molar-refractivity contribution in [1.29, 1.82) is 0 Å². The third-order valence-electron chi connectivity index (χ3n) is 3.08. The third-order valence-corrected chi connectivity index (χ3v) is 3.08. The van der Waals surface area contributed by atoms with Gasteiger partial charge in [-0.25, -0.2) is 0 Å². The first-order valence-electron chi connectivity index (χ1n) is 7.10. The molecule has 6 heteroatoms. The molecule has 0 saturated carbocycles. The molecule has 2 aromatic rings. The molecule has 6 nitrogen and oxygen atoms in total. The average Bonchev–Trinajstić information content (AvgIpc) is 2.46. The van der Waals surface area contributed by atoms with Crippen LogP contribution in [0.5, 0.6) is 5.75 Å². The first-order chi connectivity index (χ1) is 10.6. The molecule has 0 radical (unpaired) electrons. The first-order valence-corrected chi connectivity index (χ1v) is 7.10. The third kappa shape index (κ3) is 4.46. The summed E-state index contributed by atoms with van der Waals surface area (Å²) >= 11 is 0. The number of nitrogens with one attached hydrogen (secondary N) is 1. The van der Waals surface area contributed by atoms with Crippen LogP contribution in [0.25, 0.3) is 0 Å². The maximum Gasteiger partial charge on any atom is 0.142 e. The molecule has 0 amide bonds. The summed E-state index contributed by atoms with van der Waals surface area (Å²) in [6, 6.07) is 10.8. The Balaban J connectivity index is 2.08. The van der Waals surface area contributed by atoms with Crippen molar-refractivity contribution >= 4 is 22.7 Å². The van der Waals surface area contributed by atoms with Crippen molar-refractivity contribution in [2.24, 2.45) is 0 Å². The molecule has 0 aromatic heterocycles. The number of rotatable bonds is 7. The van der Waals surface area contributed by atoms with Crippen molar-refractivity contribution in [2.75, 3.05) is 35.7 Å². The van der Waals surface area contributed by atoms with Crippen molar-refractivity contribution in [3.05, 3.63) is 42.0 Å². The van der Waals surface area contributed by atoms with Crippen LogP contribution in [-0.4, -0.2) is 18.3 Å². The SMILES string of the molecule is Nc1cc(N)cc(CNc2cc(N)ccc2OCCCO)c1. The zero-order chi connectivity index (χ0) is 15.9. The highest BCUT2D eigenvalue weighted by atomic mass is 16.5. The Hall–Kier alpha value is -2.60. The van der Waals surface area contributed by atoms with E-state index < -0.39 is 0 Å². The molecule has 2 aromatic carbocycles. The molecular formula is C16H22N4O2. The fraction of sp³-hybridized carbons (Fsp3) is 0.250. The van der Waals surface area contributed by atoms with Gasteiger partial charge in [0, 0.05) is 36.6 Å². The van der Waals surface area contributed by atoms with E-state index in [4.69, 9.17) is 27.0 Å². The van der Waals surface area contributed by atoms with Gasteiger partial charge in [0.2, 0.25) is 0 Å². The second kappa shape index (κ2) is 7.42. The fourth-order valence-electron chi connectivity index (χ4n) is 2.10. The van der Waals surface area contributed by atoms with Gasteiger partial charge >= 0.3 is 0 Å². The van der Waals surface area contributed by atoms with Gasteiger partial charge in [-0.3, -0.25) is 0 Å². The van der Waals surface area contributed by atoms with Gasteiger partial charge in [-0.2, -0.15) is 0 Å². The summed E-state index contributed by atoms with van der Waals surface area (Å²) in [6.07, 6.45) is 0.579. The summed E-state index contributed by atoms with van der Waals surface area (Å²) in [4.78, 5) is 0. The highest BCUT2D eigenvalue weighted by molar-refractivity contribution is 5.64. The number of hydrogen-bond donors (Lipinski definition) is 5. The van der Waals surface area contributed by atoms with E-state index in [9.17, 15) is 0 Å². The van der Waals surface area contributed by atoms with E-state index in [0.717, 1.165) is 11.3 Å². The number of nitrogen functional groups attached to an aromatic ring is 3. The van der Waals surface area contributed by atoms with Crippen molar-refractivity contribution in [3.8, 4) is 5.75 Å². The average molecular weight is 302 g/mol. The van der Waals surface area contributed by atoms with Crippen LogP contribution in [0.4, 0.5) is 22.7 Å². The second-order valence-electron chi connectivity index (χ2n) is 5.04. The van der Waals surface area contributed by atoms with E-state index in [0.29, 0.717) is 42.4 Å². The molecule has 0 spiro atoms. The standard InChI is InChI=1S/C16H22N4O2/c17-12-2-3-16(22-5-1-4-21)15(9-12)20-10-11-6-13(18)8-14(19)7-11/h2-3,6-9,20-21H,1,4-5,10,17-19H2. The van der Waals surface area contributed by atoms with Gasteiger partial charge in [0.25, 0.3) is 0 Å². The van der Waals surface area contributed by atoms with Crippen LogP contribution >= 0.6 is 0 Å². The molecule has 0 atom stereocenters. The highest BCUT2D eigenvalue weighted by Crippen LogP contribution is 2.28. The van der Waals surface area contributed by atoms with E-state index in [2.05, 4.69) is 5.32 Å². The van der Waals surface area contributed by atoms with Gasteiger partial charge in [-0.1, -0.05) is 0 Å². The minimum atomic E-state index is 0.0975.